The van der Waals surface area contributed by atoms with E-state index in [1.807, 2.05) is 0 Å². The zero-order valence-electron chi connectivity index (χ0n) is 22.3. The normalized spacial score (nSPS) is 31.0. The van der Waals surface area contributed by atoms with Gasteiger partial charge in [0.1, 0.15) is 24.1 Å². The van der Waals surface area contributed by atoms with Gasteiger partial charge in [0.25, 0.3) is 5.79 Å². The minimum atomic E-state index is -1.96. The molecule has 1 aromatic carbocycles. The van der Waals surface area contributed by atoms with Crippen molar-refractivity contribution in [2.45, 2.75) is 81.6 Å². The van der Waals surface area contributed by atoms with Crippen molar-refractivity contribution in [1.82, 2.24) is 5.32 Å². The molecule has 0 saturated carbocycles. The van der Waals surface area contributed by atoms with Gasteiger partial charge in [0.15, 0.2) is 6.29 Å². The molecule has 0 aromatic heterocycles. The average Bonchev–Trinajstić information content (AvgIpc) is 3.34. The van der Waals surface area contributed by atoms with E-state index in [1.54, 1.807) is 31.4 Å². The van der Waals surface area contributed by atoms with Crippen molar-refractivity contribution in [2.24, 2.45) is 0 Å². The summed E-state index contributed by atoms with van der Waals surface area (Å²) in [7, 11) is 1.24. The van der Waals surface area contributed by atoms with Gasteiger partial charge in [-0.15, -0.1) is 0 Å². The van der Waals surface area contributed by atoms with Gasteiger partial charge in [0.2, 0.25) is 5.91 Å². The molecule has 0 spiro atoms. The minimum absolute atomic E-state index is 0.0162. The van der Waals surface area contributed by atoms with Crippen LogP contribution < -0.4 is 10.1 Å². The van der Waals surface area contributed by atoms with Crippen molar-refractivity contribution >= 4 is 20.0 Å². The molecular weight excluding hydrogens is 502 g/mol. The summed E-state index contributed by atoms with van der Waals surface area (Å²) >= 11 is 0. The van der Waals surface area contributed by atoms with E-state index in [0.29, 0.717) is 5.75 Å². The number of methoxy groups -OCH3 is 2. The highest BCUT2D eigenvalue weighted by Crippen LogP contribution is 2.37. The Balaban J connectivity index is 1.83. The van der Waals surface area contributed by atoms with Crippen molar-refractivity contribution in [3.63, 3.8) is 0 Å². The van der Waals surface area contributed by atoms with Gasteiger partial charge in [-0.05, 0) is 18.2 Å². The van der Waals surface area contributed by atoms with Gasteiger partial charge >= 0.3 is 5.97 Å². The maximum absolute atomic E-state index is 12.9. The predicted molar refractivity (Wildman–Crippen MR) is 135 cm³/mol. The van der Waals surface area contributed by atoms with E-state index in [-0.39, 0.29) is 19.6 Å². The van der Waals surface area contributed by atoms with E-state index < -0.39 is 62.5 Å². The summed E-state index contributed by atoms with van der Waals surface area (Å²) in [5, 5.41) is 25.0. The van der Waals surface area contributed by atoms with Crippen molar-refractivity contribution < 1.29 is 48.2 Å². The molecule has 2 saturated heterocycles. The number of nitrogens with one attached hydrogen (secondary N) is 1. The predicted octanol–water partition coefficient (Wildman–Crippen LogP) is 1.35. The first-order valence-electron chi connectivity index (χ1n) is 12.3. The van der Waals surface area contributed by atoms with Crippen LogP contribution in [0.3, 0.4) is 0 Å². The lowest BCUT2D eigenvalue weighted by atomic mass is 9.88. The molecule has 2 heterocycles. The molecule has 2 aliphatic rings. The molecule has 1 unspecified atom stereocenters. The third-order valence-electron chi connectivity index (χ3n) is 6.44. The summed E-state index contributed by atoms with van der Waals surface area (Å²) < 4.78 is 33.9. The van der Waals surface area contributed by atoms with Crippen LogP contribution in [0.15, 0.2) is 24.3 Å². The van der Waals surface area contributed by atoms with Gasteiger partial charge in [-0.1, -0.05) is 31.8 Å². The molecule has 3 N–H and O–H groups in total. The number of aliphatic hydroxyl groups is 2. The lowest BCUT2D eigenvalue weighted by Gasteiger charge is -2.47. The van der Waals surface area contributed by atoms with Crippen LogP contribution in [0.4, 0.5) is 0 Å². The molecule has 0 bridgehead atoms. The van der Waals surface area contributed by atoms with Crippen LogP contribution in [0.2, 0.25) is 25.7 Å². The van der Waals surface area contributed by atoms with Crippen molar-refractivity contribution in [3.8, 4) is 5.75 Å². The number of hydrogen-bond donors (Lipinski definition) is 3. The number of carbonyl (C=O) groups excluding carboxylic acids is 2. The Hall–Kier alpha value is -2.06. The third kappa shape index (κ3) is 7.28. The Labute approximate surface area is 218 Å². The Morgan fingerprint density at radius 2 is 1.89 bits per heavy atom. The van der Waals surface area contributed by atoms with Gasteiger partial charge in [0.05, 0.1) is 33.0 Å². The second kappa shape index (κ2) is 12.2. The van der Waals surface area contributed by atoms with Gasteiger partial charge in [0, 0.05) is 33.6 Å². The molecule has 37 heavy (non-hydrogen) atoms. The van der Waals surface area contributed by atoms with Crippen LogP contribution in [0.5, 0.6) is 5.75 Å². The number of hydrogen-bond acceptors (Lipinski definition) is 10. The largest absolute Gasteiger partial charge is 0.497 e. The average molecular weight is 542 g/mol. The number of esters is 1. The molecule has 1 aromatic rings. The molecule has 208 valence electrons. The van der Waals surface area contributed by atoms with E-state index in [2.05, 4.69) is 25.0 Å². The first-order valence-corrected chi connectivity index (χ1v) is 16.0. The van der Waals surface area contributed by atoms with Gasteiger partial charge in [-0.2, -0.15) is 0 Å². The maximum atomic E-state index is 12.9. The number of benzene rings is 1. The summed E-state index contributed by atoms with van der Waals surface area (Å²) in [4.78, 5) is 24.8. The number of rotatable bonds is 10. The molecule has 12 heteroatoms. The van der Waals surface area contributed by atoms with Crippen LogP contribution in [0, 0.1) is 0 Å². The van der Waals surface area contributed by atoms with Crippen molar-refractivity contribution in [3.05, 3.63) is 29.8 Å². The lowest BCUT2D eigenvalue weighted by Crippen LogP contribution is -2.68. The third-order valence-corrected chi connectivity index (χ3v) is 8.15. The monoisotopic (exact) mass is 541 g/mol. The fraction of sp³-hybridized carbons (Fsp3) is 0.680. The summed E-state index contributed by atoms with van der Waals surface area (Å²) in [6, 6.07) is 6.80. The summed E-state index contributed by atoms with van der Waals surface area (Å²) in [5.74, 6) is -2.55. The van der Waals surface area contributed by atoms with Gasteiger partial charge in [-0.25, -0.2) is 4.79 Å². The van der Waals surface area contributed by atoms with Crippen molar-refractivity contribution in [2.75, 3.05) is 27.4 Å². The molecule has 7 atom stereocenters. The van der Waals surface area contributed by atoms with E-state index in [4.69, 9.17) is 28.4 Å². The highest BCUT2D eigenvalue weighted by Gasteiger charge is 2.57. The molecular formula is C25H39NO10Si. The zero-order valence-corrected chi connectivity index (χ0v) is 23.3. The lowest BCUT2D eigenvalue weighted by molar-refractivity contribution is -0.311. The topological polar surface area (TPSA) is 142 Å². The Morgan fingerprint density at radius 3 is 2.46 bits per heavy atom. The van der Waals surface area contributed by atoms with E-state index in [1.165, 1.54) is 14.0 Å². The summed E-state index contributed by atoms with van der Waals surface area (Å²) in [6.45, 7) is 7.99. The van der Waals surface area contributed by atoms with E-state index >= 15 is 0 Å². The first-order chi connectivity index (χ1) is 17.4. The van der Waals surface area contributed by atoms with Crippen LogP contribution >= 0.6 is 0 Å². The Morgan fingerprint density at radius 1 is 1.22 bits per heavy atom. The quantitative estimate of drug-likeness (QED) is 0.293. The number of ether oxygens (including phenoxy) is 6. The maximum Gasteiger partial charge on any atom is 0.366 e. The van der Waals surface area contributed by atoms with Crippen LogP contribution in [-0.4, -0.2) is 93.8 Å². The SMILES string of the molecule is COC(=O)[C@@]1(OCC[Si](C)(C)C)C[C@H](O)[C@@H](NC(C)=O)[C@H]([C@H](O)[C@H]2COC(c3ccc(OC)cc3)O2)O1. The van der Waals surface area contributed by atoms with Gasteiger partial charge in [-0.3, -0.25) is 4.79 Å². The van der Waals surface area contributed by atoms with Crippen molar-refractivity contribution in [1.29, 1.82) is 0 Å². The molecule has 0 aliphatic carbocycles. The highest BCUT2D eigenvalue weighted by molar-refractivity contribution is 6.76. The minimum Gasteiger partial charge on any atom is -0.497 e. The smallest absolute Gasteiger partial charge is 0.366 e. The molecule has 2 fully saturated rings. The highest BCUT2D eigenvalue weighted by atomic mass is 28.3. The number of aliphatic hydroxyl groups excluding tert-OH is 2. The Bertz CT molecular complexity index is 923. The molecule has 3 rings (SSSR count). The van der Waals surface area contributed by atoms with E-state index in [0.717, 1.165) is 11.6 Å². The molecule has 2 aliphatic heterocycles. The summed E-state index contributed by atoms with van der Waals surface area (Å²) in [5.41, 5.74) is 0.720. The van der Waals surface area contributed by atoms with Crippen LogP contribution in [-0.2, 0) is 33.3 Å². The number of carbonyl (C=O) groups is 2. The Kier molecular flexibility index (Phi) is 9.72. The summed E-state index contributed by atoms with van der Waals surface area (Å²) in [6.07, 6.45) is -5.84. The fourth-order valence-electron chi connectivity index (χ4n) is 4.36. The molecule has 11 nitrogen and oxygen atoms in total. The molecule has 0 radical (unpaired) electrons. The standard InChI is InChI=1S/C25H39NO10Si/c1-15(27)26-20-18(28)13-25(24(30)32-3,34-11-12-37(4,5)6)36-22(20)21(29)19-14-33-23(35-19)16-7-9-17(31-2)10-8-16/h7-10,18-23,28-29H,11-14H2,1-6H3,(H,26,27)/t18-,19+,20+,21+,22+,23?,25+/m0/s1. The van der Waals surface area contributed by atoms with Crippen LogP contribution in [0.1, 0.15) is 25.2 Å². The number of amides is 1. The fourth-order valence-corrected chi connectivity index (χ4v) is 5.08. The second-order valence-corrected chi connectivity index (χ2v) is 16.2. The first kappa shape index (κ1) is 29.5. The van der Waals surface area contributed by atoms with Gasteiger partial charge < -0.3 is 44.0 Å². The second-order valence-electron chi connectivity index (χ2n) is 10.6. The van der Waals surface area contributed by atoms with Crippen LogP contribution in [0.25, 0.3) is 0 Å². The van der Waals surface area contributed by atoms with E-state index in [9.17, 15) is 19.8 Å². The molecule has 1 amide bonds. The zero-order chi connectivity index (χ0) is 27.4.